The van der Waals surface area contributed by atoms with Crippen LogP contribution in [0.15, 0.2) is 28.7 Å². The number of likely N-dealkylation sites (tertiary alicyclic amines) is 1. The first-order valence-corrected chi connectivity index (χ1v) is 5.62. The Kier molecular flexibility index (Phi) is 2.87. The minimum atomic E-state index is 0.148. The molecule has 0 atom stereocenters. The summed E-state index contributed by atoms with van der Waals surface area (Å²) in [6.45, 7) is 1.81. The van der Waals surface area contributed by atoms with Gasteiger partial charge in [0.2, 0.25) is 0 Å². The highest BCUT2D eigenvalue weighted by molar-refractivity contribution is 9.10. The molecule has 0 aliphatic carbocycles. The fourth-order valence-electron chi connectivity index (χ4n) is 1.73. The Morgan fingerprint density at radius 2 is 1.86 bits per heavy atom. The van der Waals surface area contributed by atoms with E-state index in [2.05, 4.69) is 15.9 Å². The molecule has 1 saturated heterocycles. The fraction of sp³-hybridized carbons (Fsp3) is 0.364. The molecule has 1 heterocycles. The molecule has 0 saturated carbocycles. The van der Waals surface area contributed by atoms with Crippen LogP contribution in [-0.4, -0.2) is 23.9 Å². The molecule has 0 bridgehead atoms. The van der Waals surface area contributed by atoms with Crippen LogP contribution in [0.4, 0.5) is 0 Å². The average molecular weight is 254 g/mol. The van der Waals surface area contributed by atoms with Crippen molar-refractivity contribution in [2.45, 2.75) is 12.8 Å². The highest BCUT2D eigenvalue weighted by atomic mass is 79.9. The molecule has 1 aliphatic heterocycles. The summed E-state index contributed by atoms with van der Waals surface area (Å²) in [5.74, 6) is 0.148. The van der Waals surface area contributed by atoms with Crippen LogP contribution in [0, 0.1) is 0 Å². The maximum atomic E-state index is 12.0. The first-order chi connectivity index (χ1) is 6.79. The molecule has 1 aliphatic rings. The van der Waals surface area contributed by atoms with Crippen LogP contribution < -0.4 is 0 Å². The van der Waals surface area contributed by atoms with E-state index in [4.69, 9.17) is 0 Å². The molecule has 1 aromatic carbocycles. The number of amides is 1. The molecular weight excluding hydrogens is 242 g/mol. The predicted molar refractivity (Wildman–Crippen MR) is 59.3 cm³/mol. The van der Waals surface area contributed by atoms with Gasteiger partial charge in [-0.05, 0) is 40.9 Å². The normalized spacial score (nSPS) is 15.9. The smallest absolute Gasteiger partial charge is 0.254 e. The quantitative estimate of drug-likeness (QED) is 0.754. The molecule has 0 N–H and O–H groups in total. The summed E-state index contributed by atoms with van der Waals surface area (Å²) in [4.78, 5) is 13.9. The zero-order valence-corrected chi connectivity index (χ0v) is 9.46. The van der Waals surface area contributed by atoms with Crippen LogP contribution in [0.1, 0.15) is 23.2 Å². The molecule has 2 nitrogen and oxygen atoms in total. The van der Waals surface area contributed by atoms with E-state index in [0.717, 1.165) is 36.0 Å². The van der Waals surface area contributed by atoms with Crippen molar-refractivity contribution in [3.05, 3.63) is 34.3 Å². The lowest BCUT2D eigenvalue weighted by Gasteiger charge is -2.15. The molecule has 0 aromatic heterocycles. The summed E-state index contributed by atoms with van der Waals surface area (Å²) in [5, 5.41) is 0. The molecule has 14 heavy (non-hydrogen) atoms. The van der Waals surface area contributed by atoms with Crippen LogP contribution >= 0.6 is 15.9 Å². The Morgan fingerprint density at radius 3 is 2.50 bits per heavy atom. The number of carbonyl (C=O) groups is 1. The van der Waals surface area contributed by atoms with E-state index >= 15 is 0 Å². The molecule has 3 heteroatoms. The molecule has 74 valence electrons. The highest BCUT2D eigenvalue weighted by Gasteiger charge is 2.20. The number of carbonyl (C=O) groups excluding carboxylic acids is 1. The first kappa shape index (κ1) is 9.71. The largest absolute Gasteiger partial charge is 0.339 e. The summed E-state index contributed by atoms with van der Waals surface area (Å²) < 4.78 is 0.886. The summed E-state index contributed by atoms with van der Waals surface area (Å²) in [6.07, 6.45) is 2.27. The van der Waals surface area contributed by atoms with E-state index in [1.54, 1.807) is 0 Å². The maximum Gasteiger partial charge on any atom is 0.254 e. The topological polar surface area (TPSA) is 20.3 Å². The third-order valence-electron chi connectivity index (χ3n) is 2.50. The molecular formula is C11H12BrNO. The fourth-order valence-corrected chi connectivity index (χ4v) is 2.18. The minimum absolute atomic E-state index is 0.148. The number of halogens is 1. The number of nitrogens with zero attached hydrogens (tertiary/aromatic N) is 1. The van der Waals surface area contributed by atoms with Crippen LogP contribution in [0.25, 0.3) is 0 Å². The van der Waals surface area contributed by atoms with Crippen molar-refractivity contribution in [2.75, 3.05) is 13.1 Å². The molecule has 2 rings (SSSR count). The Hall–Kier alpha value is -0.830. The van der Waals surface area contributed by atoms with Gasteiger partial charge >= 0.3 is 0 Å². The third kappa shape index (κ3) is 1.82. The number of benzene rings is 1. The summed E-state index contributed by atoms with van der Waals surface area (Å²) >= 11 is 3.40. The number of rotatable bonds is 1. The first-order valence-electron chi connectivity index (χ1n) is 4.83. The van der Waals surface area contributed by atoms with E-state index in [1.807, 2.05) is 29.2 Å². The molecule has 0 unspecified atom stereocenters. The van der Waals surface area contributed by atoms with Gasteiger partial charge in [-0.3, -0.25) is 4.79 Å². The minimum Gasteiger partial charge on any atom is -0.339 e. The van der Waals surface area contributed by atoms with Gasteiger partial charge in [-0.25, -0.2) is 0 Å². The lowest BCUT2D eigenvalue weighted by atomic mass is 10.2. The van der Waals surface area contributed by atoms with Crippen LogP contribution in [0.5, 0.6) is 0 Å². The van der Waals surface area contributed by atoms with Gasteiger partial charge in [-0.15, -0.1) is 0 Å². The monoisotopic (exact) mass is 253 g/mol. The standard InChI is InChI=1S/C11H12BrNO/c12-10-6-2-1-5-9(10)11(14)13-7-3-4-8-13/h1-2,5-6H,3-4,7-8H2. The van der Waals surface area contributed by atoms with Gasteiger partial charge in [0.15, 0.2) is 0 Å². The van der Waals surface area contributed by atoms with Crippen LogP contribution in [-0.2, 0) is 0 Å². The maximum absolute atomic E-state index is 12.0. The summed E-state index contributed by atoms with van der Waals surface area (Å²) in [7, 11) is 0. The second-order valence-electron chi connectivity index (χ2n) is 3.48. The Labute approximate surface area is 92.0 Å². The van der Waals surface area contributed by atoms with Gasteiger partial charge in [0.25, 0.3) is 5.91 Å². The molecule has 0 spiro atoms. The Morgan fingerprint density at radius 1 is 1.21 bits per heavy atom. The third-order valence-corrected chi connectivity index (χ3v) is 3.19. The molecule has 0 radical (unpaired) electrons. The van der Waals surface area contributed by atoms with Crippen molar-refractivity contribution >= 4 is 21.8 Å². The van der Waals surface area contributed by atoms with Crippen molar-refractivity contribution in [1.29, 1.82) is 0 Å². The zero-order valence-electron chi connectivity index (χ0n) is 7.87. The van der Waals surface area contributed by atoms with Gasteiger partial charge in [-0.1, -0.05) is 12.1 Å². The van der Waals surface area contributed by atoms with Crippen molar-refractivity contribution in [1.82, 2.24) is 4.90 Å². The van der Waals surface area contributed by atoms with Crippen molar-refractivity contribution in [3.63, 3.8) is 0 Å². The van der Waals surface area contributed by atoms with Gasteiger partial charge in [0, 0.05) is 17.6 Å². The molecule has 1 fully saturated rings. The lowest BCUT2D eigenvalue weighted by Crippen LogP contribution is -2.27. The number of hydrogen-bond acceptors (Lipinski definition) is 1. The second-order valence-corrected chi connectivity index (χ2v) is 4.33. The number of hydrogen-bond donors (Lipinski definition) is 0. The van der Waals surface area contributed by atoms with Crippen molar-refractivity contribution in [3.8, 4) is 0 Å². The van der Waals surface area contributed by atoms with E-state index in [9.17, 15) is 4.79 Å². The van der Waals surface area contributed by atoms with Gasteiger partial charge < -0.3 is 4.90 Å². The van der Waals surface area contributed by atoms with Crippen molar-refractivity contribution in [2.24, 2.45) is 0 Å². The zero-order chi connectivity index (χ0) is 9.97. The van der Waals surface area contributed by atoms with E-state index < -0.39 is 0 Å². The summed E-state index contributed by atoms with van der Waals surface area (Å²) in [6, 6.07) is 7.59. The predicted octanol–water partition coefficient (Wildman–Crippen LogP) is 2.69. The Balaban J connectivity index is 2.22. The van der Waals surface area contributed by atoms with Crippen LogP contribution in [0.3, 0.4) is 0 Å². The van der Waals surface area contributed by atoms with Crippen molar-refractivity contribution < 1.29 is 4.79 Å². The second kappa shape index (κ2) is 4.13. The SMILES string of the molecule is O=C(c1ccccc1Br)N1CCCC1. The van der Waals surface area contributed by atoms with E-state index in [1.165, 1.54) is 0 Å². The highest BCUT2D eigenvalue weighted by Crippen LogP contribution is 2.20. The Bertz CT molecular complexity index is 345. The van der Waals surface area contributed by atoms with E-state index in [-0.39, 0.29) is 5.91 Å². The van der Waals surface area contributed by atoms with Gasteiger partial charge in [0.05, 0.1) is 5.56 Å². The van der Waals surface area contributed by atoms with Gasteiger partial charge in [-0.2, -0.15) is 0 Å². The molecule has 1 amide bonds. The molecule has 1 aromatic rings. The lowest BCUT2D eigenvalue weighted by molar-refractivity contribution is 0.0792. The average Bonchev–Trinajstić information content (AvgIpc) is 2.70. The summed E-state index contributed by atoms with van der Waals surface area (Å²) in [5.41, 5.74) is 0.773. The van der Waals surface area contributed by atoms with E-state index in [0.29, 0.717) is 0 Å². The van der Waals surface area contributed by atoms with Crippen LogP contribution in [0.2, 0.25) is 0 Å². The van der Waals surface area contributed by atoms with Gasteiger partial charge in [0.1, 0.15) is 0 Å².